The molecule has 29 heavy (non-hydrogen) atoms. The fraction of sp³-hybridized carbons (Fsp3) is 0.952. The summed E-state index contributed by atoms with van der Waals surface area (Å²) in [5.74, 6) is 1.27. The van der Waals surface area contributed by atoms with E-state index in [0.29, 0.717) is 49.7 Å². The third kappa shape index (κ3) is 2.73. The van der Waals surface area contributed by atoms with Crippen LogP contribution >= 0.6 is 0 Å². The van der Waals surface area contributed by atoms with Crippen molar-refractivity contribution in [3.63, 3.8) is 0 Å². The van der Waals surface area contributed by atoms with Gasteiger partial charge in [0.05, 0.1) is 6.04 Å². The highest BCUT2D eigenvalue weighted by atomic mass is 17.3. The molecule has 4 saturated carbocycles. The summed E-state index contributed by atoms with van der Waals surface area (Å²) in [6.45, 7) is 5.35. The lowest BCUT2D eigenvalue weighted by molar-refractivity contribution is -0.505. The monoisotopic (exact) mass is 405 g/mol. The van der Waals surface area contributed by atoms with Gasteiger partial charge < -0.3 is 0 Å². The maximum Gasteiger partial charge on any atom is 0.239 e. The molecular weight excluding hydrogens is 374 g/mol. The zero-order valence-corrected chi connectivity index (χ0v) is 17.3. The molecule has 8 nitrogen and oxygen atoms in total. The third-order valence-corrected chi connectivity index (χ3v) is 9.37. The van der Waals surface area contributed by atoms with E-state index >= 15 is 0 Å². The van der Waals surface area contributed by atoms with E-state index < -0.39 is 11.8 Å². The second kappa shape index (κ2) is 6.92. The number of fused-ring (bicyclic) bond motifs is 6. The van der Waals surface area contributed by atoms with E-state index in [1.54, 1.807) is 0 Å². The Balaban J connectivity index is 1.42. The smallest absolute Gasteiger partial charge is 0.239 e. The Morgan fingerprint density at radius 2 is 1.76 bits per heavy atom. The van der Waals surface area contributed by atoms with Gasteiger partial charge in [-0.05, 0) is 73.1 Å². The lowest BCUT2D eigenvalue weighted by Gasteiger charge is -2.60. The first-order chi connectivity index (χ1) is 13.9. The molecular formula is C21H31N3O5. The van der Waals surface area contributed by atoms with Crippen LogP contribution in [-0.2, 0) is 24.3 Å². The number of hydrogen-bond donors (Lipinski definition) is 0. The molecule has 7 atom stereocenters. The molecule has 160 valence electrons. The van der Waals surface area contributed by atoms with Crippen molar-refractivity contribution in [3.8, 4) is 0 Å². The minimum absolute atomic E-state index is 0.00325. The summed E-state index contributed by atoms with van der Waals surface area (Å²) in [5.41, 5.74) is 8.66. The van der Waals surface area contributed by atoms with Gasteiger partial charge in [0, 0.05) is 23.2 Å². The molecule has 1 aliphatic heterocycles. The van der Waals surface area contributed by atoms with Crippen LogP contribution in [0.5, 0.6) is 0 Å². The third-order valence-electron chi connectivity index (χ3n) is 9.37. The minimum Gasteiger partial charge on any atom is -0.299 e. The van der Waals surface area contributed by atoms with Crippen molar-refractivity contribution in [1.82, 2.24) is 0 Å². The fourth-order valence-corrected chi connectivity index (χ4v) is 7.85. The number of carbonyl (C=O) groups is 1. The Labute approximate surface area is 171 Å². The summed E-state index contributed by atoms with van der Waals surface area (Å²) in [7, 11) is 0. The summed E-state index contributed by atoms with van der Waals surface area (Å²) in [6.07, 6.45) is 7.33. The van der Waals surface area contributed by atoms with E-state index in [1.165, 1.54) is 0 Å². The highest BCUT2D eigenvalue weighted by Gasteiger charge is 2.68. The molecule has 4 aliphatic carbocycles. The lowest BCUT2D eigenvalue weighted by Crippen LogP contribution is -2.58. The molecule has 0 unspecified atom stereocenters. The van der Waals surface area contributed by atoms with E-state index in [0.717, 1.165) is 38.5 Å². The van der Waals surface area contributed by atoms with Crippen LogP contribution in [0.4, 0.5) is 0 Å². The second-order valence-corrected chi connectivity index (χ2v) is 10.3. The predicted molar refractivity (Wildman–Crippen MR) is 102 cm³/mol. The van der Waals surface area contributed by atoms with Crippen LogP contribution in [0.1, 0.15) is 65.2 Å². The first-order valence-electron chi connectivity index (χ1n) is 11.1. The normalized spacial score (nSPS) is 48.8. The van der Waals surface area contributed by atoms with Crippen LogP contribution in [0.2, 0.25) is 0 Å². The number of ketones is 1. The average molecular weight is 405 g/mol. The van der Waals surface area contributed by atoms with Crippen LogP contribution in [-0.4, -0.2) is 30.8 Å². The maximum absolute atomic E-state index is 12.8. The molecule has 0 bridgehead atoms. The van der Waals surface area contributed by atoms with Crippen molar-refractivity contribution in [2.45, 2.75) is 77.0 Å². The fourth-order valence-electron chi connectivity index (χ4n) is 7.85. The van der Waals surface area contributed by atoms with Gasteiger partial charge in [-0.25, -0.2) is 9.78 Å². The highest BCUT2D eigenvalue weighted by molar-refractivity contribution is 5.85. The van der Waals surface area contributed by atoms with Crippen molar-refractivity contribution in [2.75, 3.05) is 13.2 Å². The first kappa shape index (κ1) is 19.8. The molecule has 1 saturated heterocycles. The molecule has 0 aromatic heterocycles. The van der Waals surface area contributed by atoms with Crippen molar-refractivity contribution >= 4 is 5.78 Å². The van der Waals surface area contributed by atoms with Crippen molar-refractivity contribution < 1.29 is 24.3 Å². The van der Waals surface area contributed by atoms with Crippen LogP contribution in [0.25, 0.3) is 10.4 Å². The summed E-state index contributed by atoms with van der Waals surface area (Å²) in [5, 5.41) is 3.79. The summed E-state index contributed by atoms with van der Waals surface area (Å²) in [6, 6.07) is -0.472. The number of hydrogen-bond acceptors (Lipinski definition) is 6. The molecule has 0 amide bonds. The van der Waals surface area contributed by atoms with E-state index in [9.17, 15) is 4.79 Å². The van der Waals surface area contributed by atoms with E-state index in [-0.39, 0.29) is 16.6 Å². The average Bonchev–Trinajstić information content (AvgIpc) is 2.83. The zero-order valence-electron chi connectivity index (χ0n) is 17.3. The van der Waals surface area contributed by atoms with Crippen LogP contribution < -0.4 is 0 Å². The molecule has 5 fully saturated rings. The molecule has 0 aromatic carbocycles. The van der Waals surface area contributed by atoms with Gasteiger partial charge in [0.15, 0.2) is 0 Å². The highest BCUT2D eigenvalue weighted by Crippen LogP contribution is 2.69. The topological polar surface area (TPSA) is 103 Å². The van der Waals surface area contributed by atoms with E-state index in [2.05, 4.69) is 23.9 Å². The van der Waals surface area contributed by atoms with Gasteiger partial charge in [0.2, 0.25) is 5.79 Å². The maximum atomic E-state index is 12.8. The molecule has 0 N–H and O–H groups in total. The van der Waals surface area contributed by atoms with Crippen molar-refractivity contribution in [2.24, 2.45) is 39.6 Å². The van der Waals surface area contributed by atoms with Gasteiger partial charge in [0.1, 0.15) is 19.0 Å². The Hall–Kier alpha value is -1.18. The zero-order chi connectivity index (χ0) is 20.3. The predicted octanol–water partition coefficient (Wildman–Crippen LogP) is 4.49. The van der Waals surface area contributed by atoms with Gasteiger partial charge in [-0.2, -0.15) is 9.78 Å². The first-order valence-corrected chi connectivity index (χ1v) is 11.1. The molecule has 1 spiro atoms. The van der Waals surface area contributed by atoms with Gasteiger partial charge in [-0.3, -0.25) is 4.79 Å². The number of rotatable bonds is 1. The molecule has 5 aliphatic rings. The molecule has 8 heteroatoms. The molecule has 0 aromatic rings. The summed E-state index contributed by atoms with van der Waals surface area (Å²) in [4.78, 5) is 38.2. The molecule has 5 rings (SSSR count). The van der Waals surface area contributed by atoms with Crippen LogP contribution in [0.15, 0.2) is 5.11 Å². The van der Waals surface area contributed by atoms with Gasteiger partial charge in [0.25, 0.3) is 0 Å². The standard InChI is InChI=1S/C21H31N3O5/c1-19-12-18(25)17(23-24-22)11-13(19)3-4-14-15(19)5-7-20(2)16(14)6-8-21(20)28-26-9-10-27-29-21/h13-17H,3-12H2,1-2H3/t13-,14+,15-,16-,17+,19-,20-/m0/s1. The largest absolute Gasteiger partial charge is 0.299 e. The van der Waals surface area contributed by atoms with Crippen molar-refractivity contribution in [3.05, 3.63) is 10.4 Å². The Bertz CT molecular complexity index is 732. The van der Waals surface area contributed by atoms with E-state index in [1.807, 2.05) is 0 Å². The van der Waals surface area contributed by atoms with Gasteiger partial charge in [-0.1, -0.05) is 19.0 Å². The van der Waals surface area contributed by atoms with Gasteiger partial charge >= 0.3 is 0 Å². The van der Waals surface area contributed by atoms with E-state index in [4.69, 9.17) is 25.1 Å². The van der Waals surface area contributed by atoms with Crippen molar-refractivity contribution in [1.29, 1.82) is 0 Å². The Morgan fingerprint density at radius 3 is 2.48 bits per heavy atom. The molecule has 1 heterocycles. The minimum atomic E-state index is -0.828. The lowest BCUT2D eigenvalue weighted by atomic mass is 9.44. The molecule has 0 radical (unpaired) electrons. The number of Topliss-reactive ketones (excluding diaryl/α,β-unsaturated/α-hetero) is 1. The summed E-state index contributed by atoms with van der Waals surface area (Å²) < 4.78 is 0. The number of nitrogens with zero attached hydrogens (tertiary/aromatic N) is 3. The SMILES string of the molecule is C[C@]12CC(=O)[C@H](N=[N+]=[N-])C[C@@H]1CC[C@@H]1[C@@H]2CC[C@@]2(C)[C@H]1CCC21OOCCOO1. The van der Waals surface area contributed by atoms with Gasteiger partial charge in [-0.15, -0.1) is 0 Å². The van der Waals surface area contributed by atoms with Crippen LogP contribution in [0, 0.1) is 34.5 Å². The number of carbonyl (C=O) groups excluding carboxylic acids is 1. The Kier molecular flexibility index (Phi) is 4.72. The summed E-state index contributed by atoms with van der Waals surface area (Å²) >= 11 is 0. The Morgan fingerprint density at radius 1 is 1.03 bits per heavy atom. The quantitative estimate of drug-likeness (QED) is 0.277. The van der Waals surface area contributed by atoms with Crippen LogP contribution in [0.3, 0.4) is 0 Å². The second-order valence-electron chi connectivity index (χ2n) is 10.3. The number of azide groups is 1.